The van der Waals surface area contributed by atoms with Gasteiger partial charge in [-0.05, 0) is 47.2 Å². The second kappa shape index (κ2) is 5.01. The van der Waals surface area contributed by atoms with Crippen molar-refractivity contribution in [1.29, 1.82) is 0 Å². The second-order valence-electron chi connectivity index (χ2n) is 2.75. The summed E-state index contributed by atoms with van der Waals surface area (Å²) in [7, 11) is 0. The molecule has 2 nitrogen and oxygen atoms in total. The van der Waals surface area contributed by atoms with Gasteiger partial charge in [0.1, 0.15) is 12.4 Å². The zero-order valence-corrected chi connectivity index (χ0v) is 9.87. The van der Waals surface area contributed by atoms with E-state index in [1.165, 1.54) is 0 Å². The molecule has 0 amide bonds. The molecule has 0 aliphatic heterocycles. The first-order chi connectivity index (χ1) is 6.69. The van der Waals surface area contributed by atoms with Crippen LogP contribution in [0.25, 0.3) is 0 Å². The summed E-state index contributed by atoms with van der Waals surface area (Å²) in [4.78, 5) is 10.8. The van der Waals surface area contributed by atoms with Gasteiger partial charge >= 0.3 is 0 Å². The summed E-state index contributed by atoms with van der Waals surface area (Å²) < 4.78 is 6.30. The van der Waals surface area contributed by atoms with Crippen molar-refractivity contribution in [3.8, 4) is 18.1 Å². The number of terminal acetylenes is 1. The van der Waals surface area contributed by atoms with Gasteiger partial charge in [0.2, 0.25) is 0 Å². The maximum absolute atomic E-state index is 10.8. The molecule has 0 bridgehead atoms. The van der Waals surface area contributed by atoms with Gasteiger partial charge in [-0.25, -0.2) is 0 Å². The minimum absolute atomic E-state index is 0.183. The van der Waals surface area contributed by atoms with Gasteiger partial charge in [-0.1, -0.05) is 5.92 Å². The molecule has 14 heavy (non-hydrogen) atoms. The first kappa shape index (κ1) is 11.1. The Morgan fingerprint density at radius 3 is 2.93 bits per heavy atom. The normalized spacial score (nSPS) is 9.21. The number of halogens is 1. The van der Waals surface area contributed by atoms with Crippen molar-refractivity contribution in [2.75, 3.05) is 6.61 Å². The van der Waals surface area contributed by atoms with Crippen molar-refractivity contribution < 1.29 is 9.53 Å². The van der Waals surface area contributed by atoms with Crippen molar-refractivity contribution in [1.82, 2.24) is 0 Å². The number of aldehydes is 1. The average molecular weight is 300 g/mol. The number of aryl methyl sites for hydroxylation is 1. The topological polar surface area (TPSA) is 26.3 Å². The number of ether oxygens (including phenoxy) is 1. The smallest absolute Gasteiger partial charge is 0.153 e. The summed E-state index contributed by atoms with van der Waals surface area (Å²) in [5.74, 6) is 2.95. The Morgan fingerprint density at radius 1 is 1.64 bits per heavy atom. The van der Waals surface area contributed by atoms with Crippen molar-refractivity contribution in [2.45, 2.75) is 6.92 Å². The summed E-state index contributed by atoms with van der Waals surface area (Å²) >= 11 is 2.15. The van der Waals surface area contributed by atoms with Crippen LogP contribution >= 0.6 is 22.6 Å². The van der Waals surface area contributed by atoms with E-state index in [1.807, 2.05) is 13.0 Å². The van der Waals surface area contributed by atoms with E-state index < -0.39 is 0 Å². The predicted octanol–water partition coefficient (Wildman–Crippen LogP) is 2.42. The third-order valence-electron chi connectivity index (χ3n) is 1.69. The molecule has 0 fully saturated rings. The Balaban J connectivity index is 3.13. The van der Waals surface area contributed by atoms with Crippen LogP contribution in [0.5, 0.6) is 5.75 Å². The summed E-state index contributed by atoms with van der Waals surface area (Å²) in [6, 6.07) is 3.71. The average Bonchev–Trinajstić information content (AvgIpc) is 2.15. The highest BCUT2D eigenvalue weighted by Crippen LogP contribution is 2.24. The molecular weight excluding hydrogens is 291 g/mol. The third kappa shape index (κ3) is 2.48. The minimum Gasteiger partial charge on any atom is -0.480 e. The van der Waals surface area contributed by atoms with E-state index in [0.717, 1.165) is 15.4 Å². The Labute approximate surface area is 96.8 Å². The van der Waals surface area contributed by atoms with Gasteiger partial charge < -0.3 is 4.74 Å². The molecule has 0 aliphatic carbocycles. The summed E-state index contributed by atoms with van der Waals surface area (Å²) in [6.45, 7) is 2.07. The molecule has 0 unspecified atom stereocenters. The van der Waals surface area contributed by atoms with Gasteiger partial charge in [0.15, 0.2) is 6.29 Å². The van der Waals surface area contributed by atoms with Crippen LogP contribution in [0.15, 0.2) is 12.1 Å². The molecule has 0 aliphatic rings. The van der Waals surface area contributed by atoms with Crippen molar-refractivity contribution in [2.24, 2.45) is 0 Å². The van der Waals surface area contributed by atoms with Crippen LogP contribution < -0.4 is 4.74 Å². The lowest BCUT2D eigenvalue weighted by Gasteiger charge is -2.09. The molecule has 0 atom stereocenters. The van der Waals surface area contributed by atoms with Crippen LogP contribution in [-0.2, 0) is 0 Å². The first-order valence-corrected chi connectivity index (χ1v) is 5.08. The van der Waals surface area contributed by atoms with Gasteiger partial charge in [0.05, 0.1) is 5.56 Å². The van der Waals surface area contributed by atoms with E-state index in [1.54, 1.807) is 6.07 Å². The highest BCUT2D eigenvalue weighted by atomic mass is 127. The van der Waals surface area contributed by atoms with E-state index in [4.69, 9.17) is 11.2 Å². The SMILES string of the molecule is C#CCOc1c(C)cc(I)cc1C=O. The lowest BCUT2D eigenvalue weighted by molar-refractivity contribution is 0.112. The summed E-state index contributed by atoms with van der Waals surface area (Å²) in [5, 5.41) is 0. The zero-order chi connectivity index (χ0) is 10.6. The molecule has 1 rings (SSSR count). The van der Waals surface area contributed by atoms with Crippen LogP contribution in [0.3, 0.4) is 0 Å². The van der Waals surface area contributed by atoms with Gasteiger partial charge in [-0.3, -0.25) is 4.79 Å². The maximum Gasteiger partial charge on any atom is 0.153 e. The minimum atomic E-state index is 0.183. The number of hydrogen-bond donors (Lipinski definition) is 0. The Morgan fingerprint density at radius 2 is 2.36 bits per heavy atom. The van der Waals surface area contributed by atoms with Crippen LogP contribution in [0.2, 0.25) is 0 Å². The van der Waals surface area contributed by atoms with Gasteiger partial charge in [-0.2, -0.15) is 0 Å². The van der Waals surface area contributed by atoms with Crippen LogP contribution in [0.1, 0.15) is 15.9 Å². The zero-order valence-electron chi connectivity index (χ0n) is 7.71. The lowest BCUT2D eigenvalue weighted by atomic mass is 10.1. The molecule has 3 heteroatoms. The van der Waals surface area contributed by atoms with E-state index in [2.05, 4.69) is 28.5 Å². The second-order valence-corrected chi connectivity index (χ2v) is 4.00. The Hall–Kier alpha value is -1.02. The number of carbonyl (C=O) groups excluding carboxylic acids is 1. The third-order valence-corrected chi connectivity index (χ3v) is 2.32. The van der Waals surface area contributed by atoms with Gasteiger partial charge in [0, 0.05) is 3.57 Å². The van der Waals surface area contributed by atoms with E-state index in [9.17, 15) is 4.79 Å². The monoisotopic (exact) mass is 300 g/mol. The number of carbonyl (C=O) groups is 1. The van der Waals surface area contributed by atoms with Gasteiger partial charge in [-0.15, -0.1) is 6.42 Å². The Kier molecular flexibility index (Phi) is 3.96. The fourth-order valence-corrected chi connectivity index (χ4v) is 1.96. The molecule has 0 N–H and O–H groups in total. The number of benzene rings is 1. The molecule has 0 spiro atoms. The van der Waals surface area contributed by atoms with E-state index >= 15 is 0 Å². The fraction of sp³-hybridized carbons (Fsp3) is 0.182. The lowest BCUT2D eigenvalue weighted by Crippen LogP contribution is -2.00. The summed E-state index contributed by atoms with van der Waals surface area (Å²) in [5.41, 5.74) is 1.47. The van der Waals surface area contributed by atoms with Crippen LogP contribution in [0.4, 0.5) is 0 Å². The standard InChI is InChI=1S/C11H9IO2/c1-3-4-14-11-8(2)5-10(12)6-9(11)7-13/h1,5-7H,4H2,2H3. The predicted molar refractivity (Wildman–Crippen MR) is 63.6 cm³/mol. The van der Waals surface area contributed by atoms with Gasteiger partial charge in [0.25, 0.3) is 0 Å². The summed E-state index contributed by atoms with van der Waals surface area (Å²) in [6.07, 6.45) is 5.86. The molecule has 1 aromatic rings. The molecule has 72 valence electrons. The fourth-order valence-electron chi connectivity index (χ4n) is 1.15. The molecule has 0 radical (unpaired) electrons. The first-order valence-electron chi connectivity index (χ1n) is 4.00. The molecule has 0 aromatic heterocycles. The van der Waals surface area contributed by atoms with E-state index in [0.29, 0.717) is 11.3 Å². The maximum atomic E-state index is 10.8. The molecular formula is C11H9IO2. The van der Waals surface area contributed by atoms with Crippen molar-refractivity contribution in [3.05, 3.63) is 26.8 Å². The molecule has 0 saturated heterocycles. The Bertz CT molecular complexity index is 391. The van der Waals surface area contributed by atoms with Crippen molar-refractivity contribution >= 4 is 28.9 Å². The van der Waals surface area contributed by atoms with E-state index in [-0.39, 0.29) is 6.61 Å². The highest BCUT2D eigenvalue weighted by molar-refractivity contribution is 14.1. The largest absolute Gasteiger partial charge is 0.480 e. The molecule has 1 aromatic carbocycles. The quantitative estimate of drug-likeness (QED) is 0.487. The van der Waals surface area contributed by atoms with Crippen molar-refractivity contribution in [3.63, 3.8) is 0 Å². The molecule has 0 saturated carbocycles. The number of hydrogen-bond acceptors (Lipinski definition) is 2. The highest BCUT2D eigenvalue weighted by Gasteiger charge is 2.07. The van der Waals surface area contributed by atoms with Crippen LogP contribution in [-0.4, -0.2) is 12.9 Å². The van der Waals surface area contributed by atoms with Crippen LogP contribution in [0, 0.1) is 22.8 Å². The number of rotatable bonds is 3. The molecule has 0 heterocycles.